The lowest BCUT2D eigenvalue weighted by atomic mass is 10.1. The fraction of sp³-hybridized carbons (Fsp3) is 0.667. The molecule has 0 saturated carbocycles. The molecule has 1 radical (unpaired) electrons. The van der Waals surface area contributed by atoms with Crippen LogP contribution in [0.25, 0.3) is 0 Å². The molecule has 0 aliphatic carbocycles. The highest BCUT2D eigenvalue weighted by atomic mass is 19.1. The van der Waals surface area contributed by atoms with Crippen LogP contribution in [-0.2, 0) is 9.53 Å². The minimum atomic E-state index is -1.58. The monoisotopic (exact) mass is 133 g/mol. The molecule has 0 amide bonds. The Labute approximate surface area is 54.0 Å². The van der Waals surface area contributed by atoms with E-state index in [2.05, 4.69) is 4.74 Å². The van der Waals surface area contributed by atoms with Gasteiger partial charge >= 0.3 is 5.97 Å². The van der Waals surface area contributed by atoms with E-state index in [1.165, 1.54) is 21.0 Å². The number of carbonyl (C=O) groups is 1. The fourth-order valence-corrected chi connectivity index (χ4v) is 0.339. The third kappa shape index (κ3) is 5.27. The fourth-order valence-electron chi connectivity index (χ4n) is 0.339. The Bertz CT molecular complexity index is 104. The zero-order valence-electron chi connectivity index (χ0n) is 5.77. The van der Waals surface area contributed by atoms with Crippen LogP contribution >= 0.6 is 0 Å². The van der Waals surface area contributed by atoms with Gasteiger partial charge in [-0.2, -0.15) is 0 Å². The summed E-state index contributed by atoms with van der Waals surface area (Å²) < 4.78 is 16.7. The SMILES string of the molecule is COC(=O)[CH]C(C)(C)F. The van der Waals surface area contributed by atoms with Crippen LogP contribution in [-0.4, -0.2) is 18.7 Å². The summed E-state index contributed by atoms with van der Waals surface area (Å²) in [5, 5.41) is 0. The number of esters is 1. The smallest absolute Gasteiger partial charge is 0.312 e. The van der Waals surface area contributed by atoms with Gasteiger partial charge in [-0.05, 0) is 13.8 Å². The van der Waals surface area contributed by atoms with Crippen molar-refractivity contribution in [2.45, 2.75) is 19.5 Å². The molecule has 0 bridgehead atoms. The average molecular weight is 133 g/mol. The highest BCUT2D eigenvalue weighted by molar-refractivity contribution is 5.80. The Morgan fingerprint density at radius 1 is 1.67 bits per heavy atom. The molecule has 0 aliphatic rings. The second-order valence-electron chi connectivity index (χ2n) is 2.23. The van der Waals surface area contributed by atoms with Crippen molar-refractivity contribution in [1.82, 2.24) is 0 Å². The molecule has 0 atom stereocenters. The molecular formula is C6H10FO2. The van der Waals surface area contributed by atoms with E-state index in [1.807, 2.05) is 0 Å². The second-order valence-corrected chi connectivity index (χ2v) is 2.23. The van der Waals surface area contributed by atoms with E-state index >= 15 is 0 Å². The number of methoxy groups -OCH3 is 1. The second kappa shape index (κ2) is 2.80. The van der Waals surface area contributed by atoms with Crippen molar-refractivity contribution in [2.24, 2.45) is 0 Å². The molecular weight excluding hydrogens is 123 g/mol. The summed E-state index contributed by atoms with van der Waals surface area (Å²) in [7, 11) is 1.21. The van der Waals surface area contributed by atoms with Crippen molar-refractivity contribution in [2.75, 3.05) is 7.11 Å². The van der Waals surface area contributed by atoms with Crippen LogP contribution in [0.2, 0.25) is 0 Å². The van der Waals surface area contributed by atoms with Crippen LogP contribution in [0.1, 0.15) is 13.8 Å². The van der Waals surface area contributed by atoms with Gasteiger partial charge in [0, 0.05) is 0 Å². The van der Waals surface area contributed by atoms with E-state index in [9.17, 15) is 9.18 Å². The van der Waals surface area contributed by atoms with Crippen molar-refractivity contribution < 1.29 is 13.9 Å². The summed E-state index contributed by atoms with van der Waals surface area (Å²) in [5.74, 6) is -0.637. The van der Waals surface area contributed by atoms with Gasteiger partial charge in [0.2, 0.25) is 0 Å². The van der Waals surface area contributed by atoms with Crippen LogP contribution < -0.4 is 0 Å². The standard InChI is InChI=1S/C6H10FO2/c1-6(2,7)4-5(8)9-3/h4H,1-3H3. The molecule has 3 heteroatoms. The van der Waals surface area contributed by atoms with Crippen molar-refractivity contribution >= 4 is 5.97 Å². The number of hydrogen-bond acceptors (Lipinski definition) is 2. The molecule has 0 fully saturated rings. The van der Waals surface area contributed by atoms with Crippen molar-refractivity contribution in [3.8, 4) is 0 Å². The summed E-state index contributed by atoms with van der Waals surface area (Å²) in [6.07, 6.45) is 0.882. The van der Waals surface area contributed by atoms with Crippen LogP contribution in [0.3, 0.4) is 0 Å². The third-order valence-corrected chi connectivity index (χ3v) is 0.662. The van der Waals surface area contributed by atoms with E-state index in [1.54, 1.807) is 0 Å². The maximum absolute atomic E-state index is 12.5. The van der Waals surface area contributed by atoms with Gasteiger partial charge in [-0.25, -0.2) is 4.39 Å². The molecule has 0 rings (SSSR count). The molecule has 2 nitrogen and oxygen atoms in total. The molecule has 0 heterocycles. The number of alkyl halides is 1. The first-order chi connectivity index (χ1) is 3.95. The first-order valence-electron chi connectivity index (χ1n) is 2.58. The molecule has 0 unspecified atom stereocenters. The Hall–Kier alpha value is -0.600. The normalized spacial score (nSPS) is 11.1. The van der Waals surface area contributed by atoms with Gasteiger partial charge in [0.1, 0.15) is 12.1 Å². The third-order valence-electron chi connectivity index (χ3n) is 0.662. The highest BCUT2D eigenvalue weighted by Crippen LogP contribution is 2.12. The lowest BCUT2D eigenvalue weighted by Crippen LogP contribution is -2.19. The Kier molecular flexibility index (Phi) is 2.62. The molecule has 9 heavy (non-hydrogen) atoms. The number of ether oxygens (including phenoxy) is 1. The summed E-state index contributed by atoms with van der Waals surface area (Å²) in [6.45, 7) is 2.56. The van der Waals surface area contributed by atoms with Crippen molar-refractivity contribution in [3.63, 3.8) is 0 Å². The van der Waals surface area contributed by atoms with Crippen molar-refractivity contribution in [3.05, 3.63) is 6.42 Å². The maximum atomic E-state index is 12.5. The number of halogens is 1. The lowest BCUT2D eigenvalue weighted by Gasteiger charge is -2.09. The van der Waals surface area contributed by atoms with E-state index in [-0.39, 0.29) is 0 Å². The number of rotatable bonds is 2. The first kappa shape index (κ1) is 8.40. The quantitative estimate of drug-likeness (QED) is 0.527. The van der Waals surface area contributed by atoms with Gasteiger partial charge in [0.25, 0.3) is 0 Å². The Morgan fingerprint density at radius 2 is 2.11 bits per heavy atom. The molecule has 0 aromatic carbocycles. The zero-order valence-corrected chi connectivity index (χ0v) is 5.77. The molecule has 0 saturated heterocycles. The highest BCUT2D eigenvalue weighted by Gasteiger charge is 2.21. The molecule has 0 aromatic heterocycles. The van der Waals surface area contributed by atoms with Gasteiger partial charge in [-0.3, -0.25) is 4.79 Å². The van der Waals surface area contributed by atoms with Crippen LogP contribution in [0, 0.1) is 6.42 Å². The largest absolute Gasteiger partial charge is 0.469 e. The van der Waals surface area contributed by atoms with Gasteiger partial charge in [-0.1, -0.05) is 0 Å². The van der Waals surface area contributed by atoms with Crippen LogP contribution in [0.5, 0.6) is 0 Å². The summed E-state index contributed by atoms with van der Waals surface area (Å²) in [5.41, 5.74) is -1.58. The topological polar surface area (TPSA) is 26.3 Å². The van der Waals surface area contributed by atoms with E-state index in [0.717, 1.165) is 6.42 Å². The van der Waals surface area contributed by atoms with Crippen LogP contribution in [0.15, 0.2) is 0 Å². The van der Waals surface area contributed by atoms with Crippen molar-refractivity contribution in [1.29, 1.82) is 0 Å². The maximum Gasteiger partial charge on any atom is 0.312 e. The number of hydrogen-bond donors (Lipinski definition) is 0. The van der Waals surface area contributed by atoms with E-state index in [4.69, 9.17) is 0 Å². The summed E-state index contributed by atoms with van der Waals surface area (Å²) >= 11 is 0. The van der Waals surface area contributed by atoms with Gasteiger partial charge in [0.05, 0.1) is 7.11 Å². The van der Waals surface area contributed by atoms with E-state index in [0.29, 0.717) is 0 Å². The Morgan fingerprint density at radius 3 is 2.22 bits per heavy atom. The molecule has 0 aromatic rings. The molecule has 0 N–H and O–H groups in total. The minimum absolute atomic E-state index is 0.637. The zero-order chi connectivity index (χ0) is 7.49. The summed E-state index contributed by atoms with van der Waals surface area (Å²) in [6, 6.07) is 0. The Balaban J connectivity index is 3.60. The van der Waals surface area contributed by atoms with Crippen LogP contribution in [0.4, 0.5) is 4.39 Å². The van der Waals surface area contributed by atoms with Gasteiger partial charge in [-0.15, -0.1) is 0 Å². The predicted molar refractivity (Wildman–Crippen MR) is 31.5 cm³/mol. The average Bonchev–Trinajstić information content (AvgIpc) is 1.62. The van der Waals surface area contributed by atoms with Gasteiger partial charge < -0.3 is 4.74 Å². The molecule has 0 aliphatic heterocycles. The lowest BCUT2D eigenvalue weighted by molar-refractivity contribution is -0.138. The summed E-state index contributed by atoms with van der Waals surface area (Å²) in [4.78, 5) is 10.3. The predicted octanol–water partition coefficient (Wildman–Crippen LogP) is 1.11. The molecule has 53 valence electrons. The molecule has 0 spiro atoms. The first-order valence-corrected chi connectivity index (χ1v) is 2.58. The number of carbonyl (C=O) groups excluding carboxylic acids is 1. The van der Waals surface area contributed by atoms with Gasteiger partial charge in [0.15, 0.2) is 0 Å². The minimum Gasteiger partial charge on any atom is -0.469 e. The van der Waals surface area contributed by atoms with E-state index < -0.39 is 11.6 Å².